The van der Waals surface area contributed by atoms with Crippen LogP contribution in [-0.2, 0) is 4.79 Å². The molecule has 23 heavy (non-hydrogen) atoms. The largest absolute Gasteiger partial charge is 0.360 e. The summed E-state index contributed by atoms with van der Waals surface area (Å²) >= 11 is 6.32. The first-order chi connectivity index (χ1) is 10.9. The van der Waals surface area contributed by atoms with Gasteiger partial charge in [-0.05, 0) is 30.5 Å². The van der Waals surface area contributed by atoms with Gasteiger partial charge in [-0.15, -0.1) is 10.2 Å². The number of carbonyl (C=O) groups excluding carboxylic acids is 1. The molecular formula is C15H19BrN4OS2. The number of halogens is 1. The summed E-state index contributed by atoms with van der Waals surface area (Å²) in [5, 5.41) is 15.1. The number of nitrogens with one attached hydrogen (secondary N) is 2. The molecule has 1 heterocycles. The number of hydrogen-bond donors (Lipinski definition) is 2. The van der Waals surface area contributed by atoms with Crippen LogP contribution in [0.3, 0.4) is 0 Å². The van der Waals surface area contributed by atoms with Crippen LogP contribution < -0.4 is 10.6 Å². The highest BCUT2D eigenvalue weighted by atomic mass is 79.9. The number of hydrogen-bond acceptors (Lipinski definition) is 6. The van der Waals surface area contributed by atoms with Crippen LogP contribution in [0, 0.1) is 12.8 Å². The highest BCUT2D eigenvalue weighted by Gasteiger charge is 2.09. The van der Waals surface area contributed by atoms with Gasteiger partial charge in [0.05, 0.1) is 5.75 Å². The van der Waals surface area contributed by atoms with E-state index >= 15 is 0 Å². The SMILES string of the molecule is Cc1ccc(NC(=O)CSc2nnc(NCC(C)C)s2)cc1Br. The van der Waals surface area contributed by atoms with Crippen molar-refractivity contribution < 1.29 is 4.79 Å². The van der Waals surface area contributed by atoms with Crippen molar-refractivity contribution in [3.8, 4) is 0 Å². The highest BCUT2D eigenvalue weighted by Crippen LogP contribution is 2.26. The first-order valence-electron chi connectivity index (χ1n) is 7.20. The molecule has 0 spiro atoms. The van der Waals surface area contributed by atoms with Crippen molar-refractivity contribution >= 4 is 55.8 Å². The van der Waals surface area contributed by atoms with Gasteiger partial charge < -0.3 is 10.6 Å². The summed E-state index contributed by atoms with van der Waals surface area (Å²) in [4.78, 5) is 12.0. The Kier molecular flexibility index (Phi) is 6.86. The number of carbonyl (C=O) groups is 1. The molecule has 1 aromatic carbocycles. The molecule has 0 atom stereocenters. The zero-order valence-corrected chi connectivity index (χ0v) is 16.4. The van der Waals surface area contributed by atoms with Gasteiger partial charge in [0, 0.05) is 16.7 Å². The topological polar surface area (TPSA) is 66.9 Å². The first-order valence-corrected chi connectivity index (χ1v) is 9.79. The molecule has 124 valence electrons. The van der Waals surface area contributed by atoms with Crippen LogP contribution in [0.4, 0.5) is 10.8 Å². The van der Waals surface area contributed by atoms with Gasteiger partial charge in [-0.25, -0.2) is 0 Å². The molecule has 1 aromatic heterocycles. The minimum absolute atomic E-state index is 0.0577. The van der Waals surface area contributed by atoms with Crippen molar-refractivity contribution in [2.24, 2.45) is 5.92 Å². The molecule has 0 bridgehead atoms. The van der Waals surface area contributed by atoms with Crippen LogP contribution in [-0.4, -0.2) is 28.4 Å². The molecule has 2 N–H and O–H groups in total. The average molecular weight is 415 g/mol. The Hall–Kier alpha value is -1.12. The van der Waals surface area contributed by atoms with Gasteiger partial charge in [0.15, 0.2) is 4.34 Å². The van der Waals surface area contributed by atoms with Crippen LogP contribution in [0.25, 0.3) is 0 Å². The number of amides is 1. The second-order valence-electron chi connectivity index (χ2n) is 5.45. The van der Waals surface area contributed by atoms with E-state index in [1.165, 1.54) is 23.1 Å². The van der Waals surface area contributed by atoms with Crippen LogP contribution in [0.2, 0.25) is 0 Å². The number of rotatable bonds is 7. The third kappa shape index (κ3) is 6.12. The fraction of sp³-hybridized carbons (Fsp3) is 0.400. The fourth-order valence-electron chi connectivity index (χ4n) is 1.63. The monoisotopic (exact) mass is 414 g/mol. The molecule has 0 saturated heterocycles. The van der Waals surface area contributed by atoms with E-state index in [-0.39, 0.29) is 5.91 Å². The van der Waals surface area contributed by atoms with Crippen molar-refractivity contribution in [2.45, 2.75) is 25.1 Å². The zero-order chi connectivity index (χ0) is 16.8. The van der Waals surface area contributed by atoms with Gasteiger partial charge in [-0.3, -0.25) is 4.79 Å². The van der Waals surface area contributed by atoms with Crippen molar-refractivity contribution in [1.29, 1.82) is 0 Å². The van der Waals surface area contributed by atoms with Gasteiger partial charge in [0.1, 0.15) is 0 Å². The molecule has 1 amide bonds. The van der Waals surface area contributed by atoms with E-state index in [1.807, 2.05) is 25.1 Å². The summed E-state index contributed by atoms with van der Waals surface area (Å²) in [5.74, 6) is 0.803. The minimum atomic E-state index is -0.0577. The van der Waals surface area contributed by atoms with E-state index in [0.717, 1.165) is 31.7 Å². The predicted octanol–water partition coefficient (Wildman–Crippen LogP) is 4.41. The third-order valence-corrected chi connectivity index (χ3v) is 5.72. The normalized spacial score (nSPS) is 10.8. The van der Waals surface area contributed by atoms with E-state index in [4.69, 9.17) is 0 Å². The van der Waals surface area contributed by atoms with Crippen LogP contribution in [0.5, 0.6) is 0 Å². The maximum Gasteiger partial charge on any atom is 0.234 e. The van der Waals surface area contributed by atoms with E-state index in [1.54, 1.807) is 0 Å². The van der Waals surface area contributed by atoms with Gasteiger partial charge in [-0.1, -0.05) is 58.9 Å². The van der Waals surface area contributed by atoms with Crippen molar-refractivity contribution in [1.82, 2.24) is 10.2 Å². The summed E-state index contributed by atoms with van der Waals surface area (Å²) in [5.41, 5.74) is 1.91. The lowest BCUT2D eigenvalue weighted by atomic mass is 10.2. The lowest BCUT2D eigenvalue weighted by Gasteiger charge is -2.06. The highest BCUT2D eigenvalue weighted by molar-refractivity contribution is 9.10. The molecule has 2 rings (SSSR count). The number of benzene rings is 1. The molecular weight excluding hydrogens is 396 g/mol. The van der Waals surface area contributed by atoms with Gasteiger partial charge in [-0.2, -0.15) is 0 Å². The first kappa shape index (κ1) is 18.2. The molecule has 8 heteroatoms. The summed E-state index contributed by atoms with van der Waals surface area (Å²) in [6, 6.07) is 5.75. The summed E-state index contributed by atoms with van der Waals surface area (Å²) in [6.07, 6.45) is 0. The zero-order valence-electron chi connectivity index (χ0n) is 13.2. The number of anilines is 2. The Morgan fingerprint density at radius 3 is 2.87 bits per heavy atom. The summed E-state index contributed by atoms with van der Waals surface area (Å²) in [7, 11) is 0. The Labute approximate surface area is 152 Å². The van der Waals surface area contributed by atoms with Gasteiger partial charge in [0.25, 0.3) is 0 Å². The third-order valence-electron chi connectivity index (χ3n) is 2.85. The standard InChI is InChI=1S/C15H19BrN4OS2/c1-9(2)7-17-14-19-20-15(23-14)22-8-13(21)18-11-5-4-10(3)12(16)6-11/h4-6,9H,7-8H2,1-3H3,(H,17,19)(H,18,21). The molecule has 2 aromatic rings. The number of aryl methyl sites for hydroxylation is 1. The average Bonchev–Trinajstić information content (AvgIpc) is 2.95. The Morgan fingerprint density at radius 1 is 1.39 bits per heavy atom. The second-order valence-corrected chi connectivity index (χ2v) is 8.50. The van der Waals surface area contributed by atoms with E-state index in [2.05, 4.69) is 50.6 Å². The van der Waals surface area contributed by atoms with Crippen LogP contribution in [0.15, 0.2) is 27.0 Å². The second kappa shape index (κ2) is 8.65. The summed E-state index contributed by atoms with van der Waals surface area (Å²) in [6.45, 7) is 7.14. The van der Waals surface area contributed by atoms with E-state index in [9.17, 15) is 4.79 Å². The number of nitrogens with zero attached hydrogens (tertiary/aromatic N) is 2. The lowest BCUT2D eigenvalue weighted by molar-refractivity contribution is -0.113. The maximum atomic E-state index is 12.0. The molecule has 0 fully saturated rings. The number of thioether (sulfide) groups is 1. The smallest absolute Gasteiger partial charge is 0.234 e. The Bertz CT molecular complexity index is 675. The predicted molar refractivity (Wildman–Crippen MR) is 101 cm³/mol. The molecule has 0 aliphatic rings. The van der Waals surface area contributed by atoms with Gasteiger partial charge >= 0.3 is 0 Å². The molecule has 0 unspecified atom stereocenters. The van der Waals surface area contributed by atoms with Crippen LogP contribution >= 0.6 is 39.0 Å². The van der Waals surface area contributed by atoms with Crippen LogP contribution in [0.1, 0.15) is 19.4 Å². The van der Waals surface area contributed by atoms with Crippen molar-refractivity contribution in [3.05, 3.63) is 28.2 Å². The van der Waals surface area contributed by atoms with E-state index in [0.29, 0.717) is 11.7 Å². The van der Waals surface area contributed by atoms with Crippen molar-refractivity contribution in [3.63, 3.8) is 0 Å². The van der Waals surface area contributed by atoms with Gasteiger partial charge in [0.2, 0.25) is 11.0 Å². The Balaban J connectivity index is 1.81. The molecule has 0 radical (unpaired) electrons. The molecule has 0 saturated carbocycles. The molecule has 0 aliphatic heterocycles. The Morgan fingerprint density at radius 2 is 2.17 bits per heavy atom. The van der Waals surface area contributed by atoms with Crippen molar-refractivity contribution in [2.75, 3.05) is 22.9 Å². The fourth-order valence-corrected chi connectivity index (χ4v) is 3.56. The lowest BCUT2D eigenvalue weighted by Crippen LogP contribution is -2.13. The summed E-state index contributed by atoms with van der Waals surface area (Å²) < 4.78 is 1.77. The quantitative estimate of drug-likeness (QED) is 0.656. The molecule has 0 aliphatic carbocycles. The van der Waals surface area contributed by atoms with E-state index < -0.39 is 0 Å². The number of aromatic nitrogens is 2. The maximum absolute atomic E-state index is 12.0. The minimum Gasteiger partial charge on any atom is -0.360 e. The molecule has 5 nitrogen and oxygen atoms in total.